The molecule has 1 saturated heterocycles. The zero-order chi connectivity index (χ0) is 9.97. The first kappa shape index (κ1) is 9.45. The Morgan fingerprint density at radius 2 is 2.50 bits per heavy atom. The van der Waals surface area contributed by atoms with E-state index in [2.05, 4.69) is 22.4 Å². The third kappa shape index (κ3) is 2.04. The topological polar surface area (TPSA) is 62.7 Å². The Bertz CT molecular complexity index is 335. The third-order valence-corrected chi connectivity index (χ3v) is 2.84. The molecule has 0 spiro atoms. The number of nitrogens with zero attached hydrogens (tertiary/aromatic N) is 2. The van der Waals surface area contributed by atoms with E-state index in [4.69, 9.17) is 0 Å². The highest BCUT2D eigenvalue weighted by Crippen LogP contribution is 2.14. The molecule has 5 heteroatoms. The molecule has 0 saturated carbocycles. The molecule has 0 aromatic carbocycles. The maximum absolute atomic E-state index is 11.2. The summed E-state index contributed by atoms with van der Waals surface area (Å²) in [5.41, 5.74) is -0.108. The number of H-pyrrole nitrogens is 1. The van der Waals surface area contributed by atoms with Crippen molar-refractivity contribution in [2.75, 3.05) is 6.54 Å². The molecule has 2 heterocycles. The largest absolute Gasteiger partial charge is 0.343 e. The van der Waals surface area contributed by atoms with Gasteiger partial charge in [-0.3, -0.25) is 4.57 Å². The van der Waals surface area contributed by atoms with Gasteiger partial charge in [0.1, 0.15) is 6.33 Å². The lowest BCUT2D eigenvalue weighted by Gasteiger charge is -2.27. The Hall–Kier alpha value is -1.10. The van der Waals surface area contributed by atoms with E-state index in [1.165, 1.54) is 12.8 Å². The van der Waals surface area contributed by atoms with Crippen LogP contribution in [-0.2, 0) is 6.54 Å². The second-order valence-corrected chi connectivity index (χ2v) is 4.07. The lowest BCUT2D eigenvalue weighted by Crippen LogP contribution is -2.39. The fourth-order valence-corrected chi connectivity index (χ4v) is 1.89. The van der Waals surface area contributed by atoms with E-state index < -0.39 is 0 Å². The summed E-state index contributed by atoms with van der Waals surface area (Å²) >= 11 is 0. The van der Waals surface area contributed by atoms with Crippen LogP contribution in [0.5, 0.6) is 0 Å². The molecule has 0 bridgehead atoms. The molecule has 1 aromatic rings. The maximum Gasteiger partial charge on any atom is 0.343 e. The molecule has 0 radical (unpaired) electrons. The van der Waals surface area contributed by atoms with Crippen LogP contribution in [0.1, 0.15) is 19.8 Å². The summed E-state index contributed by atoms with van der Waals surface area (Å²) in [5.74, 6) is 0.557. The van der Waals surface area contributed by atoms with Gasteiger partial charge in [-0.15, -0.1) is 0 Å². The number of hydrogen-bond acceptors (Lipinski definition) is 3. The van der Waals surface area contributed by atoms with Gasteiger partial charge in [0.05, 0.1) is 0 Å². The van der Waals surface area contributed by atoms with Gasteiger partial charge in [-0.05, 0) is 32.2 Å². The van der Waals surface area contributed by atoms with E-state index in [-0.39, 0.29) is 5.69 Å². The Labute approximate surface area is 82.5 Å². The van der Waals surface area contributed by atoms with Gasteiger partial charge in [-0.2, -0.15) is 5.10 Å². The fraction of sp³-hybridized carbons (Fsp3) is 0.778. The predicted molar refractivity (Wildman–Crippen MR) is 53.0 cm³/mol. The summed E-state index contributed by atoms with van der Waals surface area (Å²) in [7, 11) is 0. The van der Waals surface area contributed by atoms with Crippen LogP contribution in [0, 0.1) is 5.92 Å². The molecule has 2 N–H and O–H groups in total. The lowest BCUT2D eigenvalue weighted by atomic mass is 9.95. The number of rotatable bonds is 2. The number of nitrogens with one attached hydrogen (secondary N) is 2. The highest BCUT2D eigenvalue weighted by Gasteiger charge is 2.18. The first-order chi connectivity index (χ1) is 6.75. The van der Waals surface area contributed by atoms with Crippen molar-refractivity contribution in [2.45, 2.75) is 32.4 Å². The van der Waals surface area contributed by atoms with Crippen molar-refractivity contribution < 1.29 is 0 Å². The molecule has 14 heavy (non-hydrogen) atoms. The summed E-state index contributed by atoms with van der Waals surface area (Å²) in [6.45, 7) is 3.97. The molecule has 0 amide bonds. The number of hydrogen-bond donors (Lipinski definition) is 2. The summed E-state index contributed by atoms with van der Waals surface area (Å²) < 4.78 is 1.64. The molecule has 5 nitrogen and oxygen atoms in total. The minimum atomic E-state index is -0.108. The molecule has 78 valence electrons. The van der Waals surface area contributed by atoms with Crippen molar-refractivity contribution in [2.24, 2.45) is 5.92 Å². The highest BCUT2D eigenvalue weighted by molar-refractivity contribution is 4.76. The van der Waals surface area contributed by atoms with Crippen molar-refractivity contribution in [1.82, 2.24) is 20.1 Å². The number of piperidine rings is 1. The molecule has 2 atom stereocenters. The monoisotopic (exact) mass is 196 g/mol. The van der Waals surface area contributed by atoms with E-state index in [1.807, 2.05) is 0 Å². The zero-order valence-electron chi connectivity index (χ0n) is 8.36. The summed E-state index contributed by atoms with van der Waals surface area (Å²) in [4.78, 5) is 11.2. The van der Waals surface area contributed by atoms with E-state index >= 15 is 0 Å². The summed E-state index contributed by atoms with van der Waals surface area (Å²) in [6.07, 6.45) is 3.95. The molecule has 1 aliphatic heterocycles. The van der Waals surface area contributed by atoms with Crippen LogP contribution >= 0.6 is 0 Å². The van der Waals surface area contributed by atoms with Gasteiger partial charge in [0.25, 0.3) is 0 Å². The zero-order valence-corrected chi connectivity index (χ0v) is 8.36. The van der Waals surface area contributed by atoms with E-state index in [0.29, 0.717) is 12.0 Å². The van der Waals surface area contributed by atoms with Gasteiger partial charge in [0.15, 0.2) is 0 Å². The third-order valence-electron chi connectivity index (χ3n) is 2.84. The van der Waals surface area contributed by atoms with Gasteiger partial charge in [-0.1, -0.05) is 0 Å². The first-order valence-corrected chi connectivity index (χ1v) is 5.09. The van der Waals surface area contributed by atoms with Crippen LogP contribution in [0.15, 0.2) is 11.1 Å². The Balaban J connectivity index is 1.93. The number of aromatic amines is 1. The van der Waals surface area contributed by atoms with E-state index in [1.54, 1.807) is 10.9 Å². The molecule has 0 aliphatic carbocycles. The molecule has 1 aromatic heterocycles. The van der Waals surface area contributed by atoms with Gasteiger partial charge in [-0.25, -0.2) is 9.89 Å². The Kier molecular flexibility index (Phi) is 2.67. The normalized spacial score (nSPS) is 27.8. The van der Waals surface area contributed by atoms with Crippen LogP contribution in [0.25, 0.3) is 0 Å². The maximum atomic E-state index is 11.2. The van der Waals surface area contributed by atoms with Crippen LogP contribution in [0.4, 0.5) is 0 Å². The molecular formula is C9H16N4O. The van der Waals surface area contributed by atoms with Crippen molar-refractivity contribution >= 4 is 0 Å². The summed E-state index contributed by atoms with van der Waals surface area (Å²) in [5, 5.41) is 9.53. The first-order valence-electron chi connectivity index (χ1n) is 5.09. The quantitative estimate of drug-likeness (QED) is 0.697. The average molecular weight is 196 g/mol. The SMILES string of the molecule is CC1CCC(Cn2cn[nH]c2=O)CN1. The number of aromatic nitrogens is 3. The highest BCUT2D eigenvalue weighted by atomic mass is 16.1. The molecule has 2 unspecified atom stereocenters. The lowest BCUT2D eigenvalue weighted by molar-refractivity contribution is 0.292. The van der Waals surface area contributed by atoms with Crippen molar-refractivity contribution in [3.8, 4) is 0 Å². The van der Waals surface area contributed by atoms with Crippen LogP contribution < -0.4 is 11.0 Å². The van der Waals surface area contributed by atoms with Crippen LogP contribution in [0.2, 0.25) is 0 Å². The van der Waals surface area contributed by atoms with E-state index in [9.17, 15) is 4.79 Å². The van der Waals surface area contributed by atoms with Gasteiger partial charge < -0.3 is 5.32 Å². The Morgan fingerprint density at radius 3 is 3.07 bits per heavy atom. The van der Waals surface area contributed by atoms with Gasteiger partial charge in [0.2, 0.25) is 0 Å². The predicted octanol–water partition coefficient (Wildman–Crippen LogP) is -0.0405. The molecule has 1 fully saturated rings. The van der Waals surface area contributed by atoms with Crippen molar-refractivity contribution in [3.05, 3.63) is 16.8 Å². The standard InChI is InChI=1S/C9H16N4O/c1-7-2-3-8(4-10-7)5-13-6-11-12-9(13)14/h6-8,10H,2-5H2,1H3,(H,12,14). The average Bonchev–Trinajstić information content (AvgIpc) is 2.56. The smallest absolute Gasteiger partial charge is 0.314 e. The van der Waals surface area contributed by atoms with Gasteiger partial charge >= 0.3 is 5.69 Å². The summed E-state index contributed by atoms with van der Waals surface area (Å²) in [6, 6.07) is 0.618. The minimum Gasteiger partial charge on any atom is -0.314 e. The minimum absolute atomic E-state index is 0.108. The second-order valence-electron chi connectivity index (χ2n) is 4.07. The molecule has 2 rings (SSSR count). The van der Waals surface area contributed by atoms with Gasteiger partial charge in [0, 0.05) is 12.6 Å². The molecular weight excluding hydrogens is 180 g/mol. The van der Waals surface area contributed by atoms with E-state index in [0.717, 1.165) is 13.1 Å². The van der Waals surface area contributed by atoms with Crippen LogP contribution in [0.3, 0.4) is 0 Å². The van der Waals surface area contributed by atoms with Crippen molar-refractivity contribution in [1.29, 1.82) is 0 Å². The Morgan fingerprint density at radius 1 is 1.64 bits per heavy atom. The van der Waals surface area contributed by atoms with Crippen molar-refractivity contribution in [3.63, 3.8) is 0 Å². The second kappa shape index (κ2) is 3.96. The fourth-order valence-electron chi connectivity index (χ4n) is 1.89. The molecule has 1 aliphatic rings. The van der Waals surface area contributed by atoms with Crippen LogP contribution in [-0.4, -0.2) is 27.4 Å².